The Balaban J connectivity index is 2.16. The van der Waals surface area contributed by atoms with Crippen molar-refractivity contribution in [2.45, 2.75) is 26.8 Å². The van der Waals surface area contributed by atoms with E-state index in [4.69, 9.17) is 5.73 Å². The van der Waals surface area contributed by atoms with E-state index in [-0.39, 0.29) is 23.6 Å². The summed E-state index contributed by atoms with van der Waals surface area (Å²) in [4.78, 5) is 12.4. The number of halogens is 1. The summed E-state index contributed by atoms with van der Waals surface area (Å²) in [5.41, 5.74) is 7.33. The van der Waals surface area contributed by atoms with Crippen LogP contribution in [-0.2, 0) is 11.3 Å². The second kappa shape index (κ2) is 6.13. The lowest BCUT2D eigenvalue weighted by Gasteiger charge is -2.14. The Hall–Kier alpha value is -1.75. The van der Waals surface area contributed by atoms with E-state index in [1.165, 1.54) is 17.1 Å². The molecule has 1 aliphatic heterocycles. The third-order valence-electron chi connectivity index (χ3n) is 3.44. The molecule has 0 spiro atoms. The fraction of sp³-hybridized carbons (Fsp3) is 0.467. The van der Waals surface area contributed by atoms with Crippen LogP contribution in [0.25, 0.3) is 0 Å². The van der Waals surface area contributed by atoms with Crippen LogP contribution in [-0.4, -0.2) is 23.2 Å². The normalized spacial score (nSPS) is 18.9. The molecule has 0 saturated carbocycles. The average Bonchev–Trinajstić information content (AvgIpc) is 2.71. The summed E-state index contributed by atoms with van der Waals surface area (Å²) in [6.07, 6.45) is 0.621. The lowest BCUT2D eigenvalue weighted by molar-refractivity contribution is -0.132. The highest BCUT2D eigenvalue weighted by atomic mass is 19.1. The summed E-state index contributed by atoms with van der Waals surface area (Å²) in [6.45, 7) is 4.89. The molecule has 1 aromatic rings. The minimum atomic E-state index is -0.283. The molecule has 0 aliphatic carbocycles. The molecule has 1 heterocycles. The van der Waals surface area contributed by atoms with Crippen molar-refractivity contribution in [3.63, 3.8) is 0 Å². The first kappa shape index (κ1) is 14.7. The van der Waals surface area contributed by atoms with E-state index in [1.54, 1.807) is 12.1 Å². The number of amides is 1. The molecule has 1 unspecified atom stereocenters. The van der Waals surface area contributed by atoms with Crippen molar-refractivity contribution < 1.29 is 9.18 Å². The molecule has 0 bridgehead atoms. The number of nitrogens with two attached hydrogens (primary N) is 1. The summed E-state index contributed by atoms with van der Waals surface area (Å²) < 4.78 is 12.9. The van der Waals surface area contributed by atoms with Gasteiger partial charge in [0.05, 0.1) is 18.2 Å². The molecule has 0 radical (unpaired) electrons. The lowest BCUT2D eigenvalue weighted by Crippen LogP contribution is -2.30. The van der Waals surface area contributed by atoms with E-state index in [0.717, 1.165) is 11.3 Å². The molecule has 1 amide bonds. The van der Waals surface area contributed by atoms with Gasteiger partial charge in [-0.25, -0.2) is 9.40 Å². The van der Waals surface area contributed by atoms with Crippen molar-refractivity contribution in [1.29, 1.82) is 0 Å². The number of carbonyl (C=O) groups is 1. The van der Waals surface area contributed by atoms with Crippen molar-refractivity contribution >= 4 is 11.6 Å². The largest absolute Gasteiger partial charge is 0.330 e. The van der Waals surface area contributed by atoms with Crippen LogP contribution in [0.2, 0.25) is 0 Å². The van der Waals surface area contributed by atoms with Gasteiger partial charge < -0.3 is 5.73 Å². The summed E-state index contributed by atoms with van der Waals surface area (Å²) in [5, 5.41) is 5.91. The monoisotopic (exact) mass is 277 g/mol. The van der Waals surface area contributed by atoms with Gasteiger partial charge in [0.25, 0.3) is 5.91 Å². The Labute approximate surface area is 118 Å². The zero-order chi connectivity index (χ0) is 14.7. The van der Waals surface area contributed by atoms with Crippen LogP contribution in [0.15, 0.2) is 29.4 Å². The van der Waals surface area contributed by atoms with Crippen LogP contribution in [0.1, 0.15) is 25.8 Å². The number of rotatable bonds is 5. The Morgan fingerprint density at radius 2 is 2.00 bits per heavy atom. The molecule has 4 nitrogen and oxygen atoms in total. The van der Waals surface area contributed by atoms with E-state index in [9.17, 15) is 9.18 Å². The average molecular weight is 277 g/mol. The SMILES string of the molecule is CC(C)C1=NN(Cc2ccc(F)cc2)C(=O)C1CCN. The third kappa shape index (κ3) is 3.04. The van der Waals surface area contributed by atoms with Gasteiger partial charge in [-0.15, -0.1) is 0 Å². The van der Waals surface area contributed by atoms with Crippen molar-refractivity contribution in [2.75, 3.05) is 6.54 Å². The van der Waals surface area contributed by atoms with Gasteiger partial charge in [-0.1, -0.05) is 26.0 Å². The minimum absolute atomic E-state index is 0.0107. The molecule has 0 saturated heterocycles. The van der Waals surface area contributed by atoms with Crippen LogP contribution in [0.3, 0.4) is 0 Å². The van der Waals surface area contributed by atoms with Gasteiger partial charge >= 0.3 is 0 Å². The fourth-order valence-electron chi connectivity index (χ4n) is 2.40. The van der Waals surface area contributed by atoms with E-state index >= 15 is 0 Å². The number of hydrogen-bond acceptors (Lipinski definition) is 3. The fourth-order valence-corrected chi connectivity index (χ4v) is 2.40. The van der Waals surface area contributed by atoms with Crippen LogP contribution in [0, 0.1) is 17.7 Å². The zero-order valence-electron chi connectivity index (χ0n) is 11.8. The highest BCUT2D eigenvalue weighted by molar-refractivity contribution is 6.08. The van der Waals surface area contributed by atoms with E-state index in [1.807, 2.05) is 13.8 Å². The molecule has 20 heavy (non-hydrogen) atoms. The molecule has 2 N–H and O–H groups in total. The highest BCUT2D eigenvalue weighted by Crippen LogP contribution is 2.24. The maximum atomic E-state index is 12.9. The van der Waals surface area contributed by atoms with Crippen molar-refractivity contribution in [3.05, 3.63) is 35.6 Å². The van der Waals surface area contributed by atoms with Crippen LogP contribution in [0.5, 0.6) is 0 Å². The molecule has 5 heteroatoms. The number of hydrogen-bond donors (Lipinski definition) is 1. The van der Waals surface area contributed by atoms with Gasteiger partial charge in [0.15, 0.2) is 0 Å². The molecular formula is C15H20FN3O. The predicted octanol–water partition coefficient (Wildman–Crippen LogP) is 2.14. The Morgan fingerprint density at radius 3 is 2.55 bits per heavy atom. The third-order valence-corrected chi connectivity index (χ3v) is 3.44. The summed E-state index contributed by atoms with van der Waals surface area (Å²) in [5.74, 6) is -0.286. The second-order valence-corrected chi connectivity index (χ2v) is 5.33. The molecule has 2 rings (SSSR count). The standard InChI is InChI=1S/C15H20FN3O/c1-10(2)14-13(7-8-17)15(20)19(18-14)9-11-3-5-12(16)6-4-11/h3-6,10,13H,7-9,17H2,1-2H3. The van der Waals surface area contributed by atoms with E-state index < -0.39 is 0 Å². The minimum Gasteiger partial charge on any atom is -0.330 e. The van der Waals surface area contributed by atoms with Gasteiger partial charge in [0.2, 0.25) is 0 Å². The summed E-state index contributed by atoms with van der Waals surface area (Å²) in [6, 6.07) is 6.12. The first-order chi connectivity index (χ1) is 9.52. The molecule has 1 atom stereocenters. The molecule has 0 fully saturated rings. The van der Waals surface area contributed by atoms with Gasteiger partial charge in [-0.05, 0) is 36.6 Å². The first-order valence-electron chi connectivity index (χ1n) is 6.87. The Morgan fingerprint density at radius 1 is 1.35 bits per heavy atom. The van der Waals surface area contributed by atoms with Crippen molar-refractivity contribution in [2.24, 2.45) is 22.7 Å². The van der Waals surface area contributed by atoms with Gasteiger partial charge in [-0.2, -0.15) is 5.10 Å². The maximum Gasteiger partial charge on any atom is 0.251 e. The smallest absolute Gasteiger partial charge is 0.251 e. The quantitative estimate of drug-likeness (QED) is 0.896. The zero-order valence-corrected chi connectivity index (χ0v) is 11.8. The Kier molecular flexibility index (Phi) is 4.49. The number of carbonyl (C=O) groups excluding carboxylic acids is 1. The summed E-state index contributed by atoms with van der Waals surface area (Å²) >= 11 is 0. The maximum absolute atomic E-state index is 12.9. The molecule has 0 aromatic heterocycles. The predicted molar refractivity (Wildman–Crippen MR) is 76.4 cm³/mol. The highest BCUT2D eigenvalue weighted by Gasteiger charge is 2.36. The lowest BCUT2D eigenvalue weighted by atomic mass is 9.92. The van der Waals surface area contributed by atoms with Gasteiger partial charge in [-0.3, -0.25) is 4.79 Å². The molecular weight excluding hydrogens is 257 g/mol. The number of benzene rings is 1. The summed E-state index contributed by atoms with van der Waals surface area (Å²) in [7, 11) is 0. The number of nitrogens with zero attached hydrogens (tertiary/aromatic N) is 2. The van der Waals surface area contributed by atoms with Gasteiger partial charge in [0.1, 0.15) is 5.82 Å². The van der Waals surface area contributed by atoms with Crippen molar-refractivity contribution in [1.82, 2.24) is 5.01 Å². The molecule has 1 aromatic carbocycles. The van der Waals surface area contributed by atoms with Crippen molar-refractivity contribution in [3.8, 4) is 0 Å². The first-order valence-corrected chi connectivity index (χ1v) is 6.87. The van der Waals surface area contributed by atoms with Crippen LogP contribution >= 0.6 is 0 Å². The van der Waals surface area contributed by atoms with E-state index in [2.05, 4.69) is 5.10 Å². The van der Waals surface area contributed by atoms with Crippen LogP contribution in [0.4, 0.5) is 4.39 Å². The molecule has 108 valence electrons. The Bertz CT molecular complexity index is 510. The van der Waals surface area contributed by atoms with E-state index in [0.29, 0.717) is 19.5 Å². The number of hydrazone groups is 1. The van der Waals surface area contributed by atoms with Crippen LogP contribution < -0.4 is 5.73 Å². The molecule has 1 aliphatic rings. The topological polar surface area (TPSA) is 58.7 Å². The van der Waals surface area contributed by atoms with Gasteiger partial charge in [0, 0.05) is 0 Å². The second-order valence-electron chi connectivity index (χ2n) is 5.33.